The highest BCUT2D eigenvalue weighted by atomic mass is 35.5. The number of aliphatic carboxylic acids is 1. The van der Waals surface area contributed by atoms with E-state index in [2.05, 4.69) is 5.32 Å². The molecule has 1 aromatic carbocycles. The quantitative estimate of drug-likeness (QED) is 0.838. The third-order valence-corrected chi connectivity index (χ3v) is 2.37. The lowest BCUT2D eigenvalue weighted by Gasteiger charge is -2.15. The molecule has 0 saturated heterocycles. The average molecular weight is 246 g/mol. The van der Waals surface area contributed by atoms with Gasteiger partial charge in [-0.25, -0.2) is 9.18 Å². The summed E-state index contributed by atoms with van der Waals surface area (Å²) in [4.78, 5) is 10.9. The van der Waals surface area contributed by atoms with Crippen LogP contribution in [-0.2, 0) is 4.79 Å². The van der Waals surface area contributed by atoms with Gasteiger partial charge < -0.3 is 10.4 Å². The van der Waals surface area contributed by atoms with Gasteiger partial charge in [0.2, 0.25) is 0 Å². The molecule has 0 radical (unpaired) electrons. The van der Waals surface area contributed by atoms with E-state index >= 15 is 0 Å². The summed E-state index contributed by atoms with van der Waals surface area (Å²) >= 11 is 5.70. The number of carboxylic acids is 1. The second-order valence-electron chi connectivity index (χ2n) is 3.45. The molecule has 0 amide bonds. The number of nitrogens with one attached hydrogen (secondary N) is 1. The minimum absolute atomic E-state index is 0.119. The van der Waals surface area contributed by atoms with Gasteiger partial charge in [0.15, 0.2) is 0 Å². The second-order valence-corrected chi connectivity index (χ2v) is 3.88. The van der Waals surface area contributed by atoms with E-state index in [1.54, 1.807) is 0 Å². The number of hydrogen-bond acceptors (Lipinski definition) is 2. The largest absolute Gasteiger partial charge is 0.480 e. The van der Waals surface area contributed by atoms with Crippen LogP contribution in [0.3, 0.4) is 0 Å². The van der Waals surface area contributed by atoms with E-state index in [1.807, 2.05) is 6.92 Å². The Balaban J connectivity index is 2.84. The third-order valence-electron chi connectivity index (χ3n) is 2.13. The van der Waals surface area contributed by atoms with Crippen LogP contribution in [0.25, 0.3) is 0 Å². The molecule has 88 valence electrons. The van der Waals surface area contributed by atoms with Gasteiger partial charge in [0.1, 0.15) is 11.9 Å². The zero-order chi connectivity index (χ0) is 12.1. The zero-order valence-corrected chi connectivity index (χ0v) is 9.59. The van der Waals surface area contributed by atoms with Crippen molar-refractivity contribution in [2.75, 3.05) is 5.32 Å². The molecule has 1 rings (SSSR count). The standard InChI is InChI=1S/C11H13ClFNO2/c1-2-3-9(11(15)16)14-10-6-7(12)4-5-8(10)13/h4-6,9,14H,2-3H2,1H3,(H,15,16). The summed E-state index contributed by atoms with van der Waals surface area (Å²) in [7, 11) is 0. The summed E-state index contributed by atoms with van der Waals surface area (Å²) in [5, 5.41) is 11.9. The molecule has 0 spiro atoms. The van der Waals surface area contributed by atoms with Gasteiger partial charge in [-0.15, -0.1) is 0 Å². The van der Waals surface area contributed by atoms with E-state index in [1.165, 1.54) is 18.2 Å². The van der Waals surface area contributed by atoms with E-state index in [0.717, 1.165) is 0 Å². The summed E-state index contributed by atoms with van der Waals surface area (Å²) in [5.41, 5.74) is 0.119. The zero-order valence-electron chi connectivity index (χ0n) is 8.84. The highest BCUT2D eigenvalue weighted by Crippen LogP contribution is 2.21. The molecule has 2 N–H and O–H groups in total. The third kappa shape index (κ3) is 3.38. The second kappa shape index (κ2) is 5.70. The highest BCUT2D eigenvalue weighted by molar-refractivity contribution is 6.30. The molecule has 0 aliphatic rings. The van der Waals surface area contributed by atoms with Crippen molar-refractivity contribution in [3.8, 4) is 0 Å². The predicted octanol–water partition coefficient (Wildman–Crippen LogP) is 3.14. The number of carbonyl (C=O) groups is 1. The minimum atomic E-state index is -0.999. The number of rotatable bonds is 5. The van der Waals surface area contributed by atoms with Crippen molar-refractivity contribution in [1.82, 2.24) is 0 Å². The molecular weight excluding hydrogens is 233 g/mol. The Bertz CT molecular complexity index is 384. The Morgan fingerprint density at radius 1 is 1.62 bits per heavy atom. The van der Waals surface area contributed by atoms with Crippen LogP contribution in [0.1, 0.15) is 19.8 Å². The molecular formula is C11H13ClFNO2. The van der Waals surface area contributed by atoms with Gasteiger partial charge >= 0.3 is 5.97 Å². The maximum Gasteiger partial charge on any atom is 0.326 e. The van der Waals surface area contributed by atoms with E-state index < -0.39 is 17.8 Å². The molecule has 5 heteroatoms. The van der Waals surface area contributed by atoms with Crippen molar-refractivity contribution in [3.05, 3.63) is 29.0 Å². The smallest absolute Gasteiger partial charge is 0.326 e. The lowest BCUT2D eigenvalue weighted by atomic mass is 10.1. The summed E-state index contributed by atoms with van der Waals surface area (Å²) in [6.07, 6.45) is 1.13. The number of hydrogen-bond donors (Lipinski definition) is 2. The SMILES string of the molecule is CCCC(Nc1cc(Cl)ccc1F)C(=O)O. The average Bonchev–Trinajstić information content (AvgIpc) is 2.22. The van der Waals surface area contributed by atoms with Crippen LogP contribution in [0, 0.1) is 5.82 Å². The van der Waals surface area contributed by atoms with Crippen LogP contribution in [-0.4, -0.2) is 17.1 Å². The van der Waals surface area contributed by atoms with E-state index in [-0.39, 0.29) is 5.69 Å². The van der Waals surface area contributed by atoms with Gasteiger partial charge in [0.05, 0.1) is 5.69 Å². The van der Waals surface area contributed by atoms with E-state index in [4.69, 9.17) is 16.7 Å². The van der Waals surface area contributed by atoms with Crippen molar-refractivity contribution in [3.63, 3.8) is 0 Å². The van der Waals surface area contributed by atoms with Crippen LogP contribution in [0.4, 0.5) is 10.1 Å². The summed E-state index contributed by atoms with van der Waals surface area (Å²) in [5.74, 6) is -1.51. The van der Waals surface area contributed by atoms with Crippen molar-refractivity contribution in [1.29, 1.82) is 0 Å². The van der Waals surface area contributed by atoms with Gasteiger partial charge in [-0.05, 0) is 24.6 Å². The van der Waals surface area contributed by atoms with Gasteiger partial charge in [-0.1, -0.05) is 24.9 Å². The maximum atomic E-state index is 13.3. The molecule has 0 aliphatic heterocycles. The molecule has 1 unspecified atom stereocenters. The molecule has 0 fully saturated rings. The van der Waals surface area contributed by atoms with Crippen LogP contribution in [0.2, 0.25) is 5.02 Å². The van der Waals surface area contributed by atoms with Crippen molar-refractivity contribution >= 4 is 23.3 Å². The summed E-state index contributed by atoms with van der Waals surface area (Å²) < 4.78 is 13.3. The fourth-order valence-electron chi connectivity index (χ4n) is 1.34. The number of benzene rings is 1. The Morgan fingerprint density at radius 2 is 2.31 bits per heavy atom. The molecule has 0 heterocycles. The summed E-state index contributed by atoms with van der Waals surface area (Å²) in [6.45, 7) is 1.87. The molecule has 0 aliphatic carbocycles. The van der Waals surface area contributed by atoms with E-state index in [0.29, 0.717) is 17.9 Å². The first-order valence-electron chi connectivity index (χ1n) is 4.99. The lowest BCUT2D eigenvalue weighted by molar-refractivity contribution is -0.138. The van der Waals surface area contributed by atoms with Crippen LogP contribution < -0.4 is 5.32 Å². The molecule has 3 nitrogen and oxygen atoms in total. The molecule has 16 heavy (non-hydrogen) atoms. The first-order valence-corrected chi connectivity index (χ1v) is 5.36. The van der Waals surface area contributed by atoms with Crippen LogP contribution >= 0.6 is 11.6 Å². The molecule has 1 aromatic rings. The normalized spacial score (nSPS) is 12.2. The first kappa shape index (κ1) is 12.8. The van der Waals surface area contributed by atoms with Crippen molar-refractivity contribution in [2.24, 2.45) is 0 Å². The van der Waals surface area contributed by atoms with E-state index in [9.17, 15) is 9.18 Å². The highest BCUT2D eigenvalue weighted by Gasteiger charge is 2.17. The Labute approximate surface area is 98.2 Å². The van der Waals surface area contributed by atoms with Gasteiger partial charge in [-0.3, -0.25) is 0 Å². The molecule has 0 saturated carbocycles. The first-order chi connectivity index (χ1) is 7.54. The number of halogens is 2. The Morgan fingerprint density at radius 3 is 2.88 bits per heavy atom. The number of anilines is 1. The molecule has 0 bridgehead atoms. The summed E-state index contributed by atoms with van der Waals surface area (Å²) in [6, 6.07) is 3.20. The van der Waals surface area contributed by atoms with Crippen molar-refractivity contribution in [2.45, 2.75) is 25.8 Å². The Hall–Kier alpha value is -1.29. The van der Waals surface area contributed by atoms with Gasteiger partial charge in [0, 0.05) is 5.02 Å². The van der Waals surface area contributed by atoms with Gasteiger partial charge in [0.25, 0.3) is 0 Å². The predicted molar refractivity (Wildman–Crippen MR) is 61.4 cm³/mol. The number of carboxylic acid groups (broad SMARTS) is 1. The van der Waals surface area contributed by atoms with Crippen molar-refractivity contribution < 1.29 is 14.3 Å². The fraction of sp³-hybridized carbons (Fsp3) is 0.364. The molecule has 0 aromatic heterocycles. The maximum absolute atomic E-state index is 13.3. The topological polar surface area (TPSA) is 49.3 Å². The Kier molecular flexibility index (Phi) is 4.55. The van der Waals surface area contributed by atoms with Gasteiger partial charge in [-0.2, -0.15) is 0 Å². The van der Waals surface area contributed by atoms with Crippen LogP contribution in [0.15, 0.2) is 18.2 Å². The van der Waals surface area contributed by atoms with Crippen LogP contribution in [0.5, 0.6) is 0 Å². The minimum Gasteiger partial charge on any atom is -0.480 e. The molecule has 1 atom stereocenters. The monoisotopic (exact) mass is 245 g/mol. The fourth-order valence-corrected chi connectivity index (χ4v) is 1.51. The lowest BCUT2D eigenvalue weighted by Crippen LogP contribution is -2.29.